The zero-order valence-electron chi connectivity index (χ0n) is 9.18. The molecule has 78 valence electrons. The molecule has 2 heteroatoms. The van der Waals surface area contributed by atoms with Crippen molar-refractivity contribution in [1.82, 2.24) is 0 Å². The van der Waals surface area contributed by atoms with Crippen LogP contribution >= 0.6 is 0 Å². The summed E-state index contributed by atoms with van der Waals surface area (Å²) >= 11 is 0. The molecule has 0 aromatic carbocycles. The molecular formula is C11H23NO. The van der Waals surface area contributed by atoms with E-state index >= 15 is 0 Å². The van der Waals surface area contributed by atoms with Gasteiger partial charge >= 0.3 is 0 Å². The normalized spacial score (nSPS) is 21.2. The Bertz CT molecular complexity index is 152. The lowest BCUT2D eigenvalue weighted by Gasteiger charge is -2.36. The Morgan fingerprint density at radius 1 is 1.46 bits per heavy atom. The first kappa shape index (κ1) is 11.0. The van der Waals surface area contributed by atoms with Crippen LogP contribution in [0.25, 0.3) is 0 Å². The average molecular weight is 185 g/mol. The van der Waals surface area contributed by atoms with Gasteiger partial charge in [-0.15, -0.1) is 0 Å². The molecule has 1 aliphatic rings. The van der Waals surface area contributed by atoms with Crippen LogP contribution in [0.1, 0.15) is 46.5 Å². The summed E-state index contributed by atoms with van der Waals surface area (Å²) in [5.41, 5.74) is 5.97. The Hall–Kier alpha value is -0.0800. The van der Waals surface area contributed by atoms with Crippen LogP contribution < -0.4 is 5.73 Å². The molecule has 0 aromatic rings. The van der Waals surface area contributed by atoms with E-state index in [0.29, 0.717) is 0 Å². The third-order valence-corrected chi connectivity index (χ3v) is 3.22. The molecule has 0 aromatic heterocycles. The fourth-order valence-electron chi connectivity index (χ4n) is 1.85. The quantitative estimate of drug-likeness (QED) is 0.713. The Morgan fingerprint density at radius 2 is 2.08 bits per heavy atom. The topological polar surface area (TPSA) is 35.2 Å². The maximum Gasteiger partial charge on any atom is 0.0776 e. The van der Waals surface area contributed by atoms with E-state index in [1.54, 1.807) is 0 Å². The zero-order chi connectivity index (χ0) is 9.90. The van der Waals surface area contributed by atoms with Crippen molar-refractivity contribution in [3.05, 3.63) is 0 Å². The monoisotopic (exact) mass is 185 g/mol. The maximum atomic E-state index is 6.12. The van der Waals surface area contributed by atoms with Crippen LogP contribution in [0.2, 0.25) is 0 Å². The number of hydrogen-bond acceptors (Lipinski definition) is 2. The third kappa shape index (κ3) is 2.96. The van der Waals surface area contributed by atoms with Gasteiger partial charge < -0.3 is 10.5 Å². The molecule has 0 aliphatic heterocycles. The van der Waals surface area contributed by atoms with Crippen molar-refractivity contribution in [2.24, 2.45) is 11.7 Å². The standard InChI is InChI=1S/C11H23NO/c1-4-13-11(2,3)10(12)8-9-6-5-7-9/h9-10H,4-8,12H2,1-3H3. The second-order valence-corrected chi connectivity index (χ2v) is 4.68. The first-order chi connectivity index (χ1) is 6.06. The van der Waals surface area contributed by atoms with Gasteiger partial charge in [0, 0.05) is 12.6 Å². The molecule has 0 spiro atoms. The number of nitrogens with two attached hydrogens (primary N) is 1. The van der Waals surface area contributed by atoms with Gasteiger partial charge in [-0.25, -0.2) is 0 Å². The van der Waals surface area contributed by atoms with Crippen LogP contribution in [0.5, 0.6) is 0 Å². The fourth-order valence-corrected chi connectivity index (χ4v) is 1.85. The molecule has 1 atom stereocenters. The van der Waals surface area contributed by atoms with Crippen molar-refractivity contribution < 1.29 is 4.74 Å². The molecule has 0 heterocycles. The van der Waals surface area contributed by atoms with Gasteiger partial charge in [-0.3, -0.25) is 0 Å². The van der Waals surface area contributed by atoms with Gasteiger partial charge in [0.1, 0.15) is 0 Å². The molecule has 1 unspecified atom stereocenters. The van der Waals surface area contributed by atoms with Crippen molar-refractivity contribution in [2.45, 2.75) is 58.1 Å². The summed E-state index contributed by atoms with van der Waals surface area (Å²) in [4.78, 5) is 0. The Morgan fingerprint density at radius 3 is 2.46 bits per heavy atom. The molecule has 2 N–H and O–H groups in total. The van der Waals surface area contributed by atoms with E-state index in [2.05, 4.69) is 13.8 Å². The molecule has 2 nitrogen and oxygen atoms in total. The van der Waals surface area contributed by atoms with Gasteiger partial charge in [0.2, 0.25) is 0 Å². The third-order valence-electron chi connectivity index (χ3n) is 3.22. The predicted octanol–water partition coefficient (Wildman–Crippen LogP) is 2.32. The minimum atomic E-state index is -0.148. The lowest BCUT2D eigenvalue weighted by molar-refractivity contribution is -0.0364. The molecule has 0 bridgehead atoms. The van der Waals surface area contributed by atoms with E-state index in [4.69, 9.17) is 10.5 Å². The van der Waals surface area contributed by atoms with E-state index in [-0.39, 0.29) is 11.6 Å². The van der Waals surface area contributed by atoms with Crippen molar-refractivity contribution in [1.29, 1.82) is 0 Å². The van der Waals surface area contributed by atoms with Crippen LogP contribution in [-0.2, 0) is 4.74 Å². The zero-order valence-corrected chi connectivity index (χ0v) is 9.18. The van der Waals surface area contributed by atoms with Crippen LogP contribution in [-0.4, -0.2) is 18.2 Å². The van der Waals surface area contributed by atoms with Gasteiger partial charge in [-0.1, -0.05) is 19.3 Å². The average Bonchev–Trinajstić information content (AvgIpc) is 1.96. The number of ether oxygens (including phenoxy) is 1. The second-order valence-electron chi connectivity index (χ2n) is 4.68. The summed E-state index contributed by atoms with van der Waals surface area (Å²) in [5, 5.41) is 0. The van der Waals surface area contributed by atoms with Crippen LogP contribution in [0.3, 0.4) is 0 Å². The van der Waals surface area contributed by atoms with Crippen molar-refractivity contribution in [2.75, 3.05) is 6.61 Å². The Kier molecular flexibility index (Phi) is 3.74. The fraction of sp³-hybridized carbons (Fsp3) is 1.00. The van der Waals surface area contributed by atoms with Crippen molar-refractivity contribution in [3.63, 3.8) is 0 Å². The minimum absolute atomic E-state index is 0.148. The highest BCUT2D eigenvalue weighted by molar-refractivity contribution is 4.86. The Labute approximate surface area is 81.8 Å². The maximum absolute atomic E-state index is 6.12. The van der Waals surface area contributed by atoms with Crippen LogP contribution in [0.15, 0.2) is 0 Å². The molecule has 1 rings (SSSR count). The smallest absolute Gasteiger partial charge is 0.0776 e. The summed E-state index contributed by atoms with van der Waals surface area (Å²) in [6.45, 7) is 6.98. The first-order valence-electron chi connectivity index (χ1n) is 5.45. The van der Waals surface area contributed by atoms with Crippen LogP contribution in [0, 0.1) is 5.92 Å². The van der Waals surface area contributed by atoms with Crippen LogP contribution in [0.4, 0.5) is 0 Å². The van der Waals surface area contributed by atoms with Gasteiger partial charge in [-0.05, 0) is 33.1 Å². The molecule has 1 saturated carbocycles. The molecule has 1 aliphatic carbocycles. The molecular weight excluding hydrogens is 162 g/mol. The first-order valence-corrected chi connectivity index (χ1v) is 5.45. The lowest BCUT2D eigenvalue weighted by atomic mass is 9.78. The number of rotatable bonds is 5. The van der Waals surface area contributed by atoms with E-state index < -0.39 is 0 Å². The second kappa shape index (κ2) is 4.43. The molecule has 0 radical (unpaired) electrons. The highest BCUT2D eigenvalue weighted by Gasteiger charge is 2.30. The van der Waals surface area contributed by atoms with E-state index in [1.807, 2.05) is 6.92 Å². The van der Waals surface area contributed by atoms with Gasteiger partial charge in [0.15, 0.2) is 0 Å². The molecule has 0 saturated heterocycles. The highest BCUT2D eigenvalue weighted by Crippen LogP contribution is 2.32. The summed E-state index contributed by atoms with van der Waals surface area (Å²) in [6, 6.07) is 0.192. The van der Waals surface area contributed by atoms with Gasteiger partial charge in [-0.2, -0.15) is 0 Å². The predicted molar refractivity (Wildman–Crippen MR) is 55.6 cm³/mol. The molecule has 1 fully saturated rings. The SMILES string of the molecule is CCOC(C)(C)C(N)CC1CCC1. The van der Waals surface area contributed by atoms with Crippen molar-refractivity contribution >= 4 is 0 Å². The largest absolute Gasteiger partial charge is 0.374 e. The summed E-state index contributed by atoms with van der Waals surface area (Å²) in [7, 11) is 0. The van der Waals surface area contributed by atoms with E-state index in [0.717, 1.165) is 18.9 Å². The van der Waals surface area contributed by atoms with E-state index in [9.17, 15) is 0 Å². The summed E-state index contributed by atoms with van der Waals surface area (Å²) < 4.78 is 5.64. The number of hydrogen-bond donors (Lipinski definition) is 1. The van der Waals surface area contributed by atoms with Gasteiger partial charge in [0.25, 0.3) is 0 Å². The van der Waals surface area contributed by atoms with Gasteiger partial charge in [0.05, 0.1) is 5.60 Å². The lowest BCUT2D eigenvalue weighted by Crippen LogP contribution is -2.47. The summed E-state index contributed by atoms with van der Waals surface area (Å²) in [5.74, 6) is 0.870. The molecule has 13 heavy (non-hydrogen) atoms. The van der Waals surface area contributed by atoms with Crippen molar-refractivity contribution in [3.8, 4) is 0 Å². The highest BCUT2D eigenvalue weighted by atomic mass is 16.5. The summed E-state index contributed by atoms with van der Waals surface area (Å²) in [6.07, 6.45) is 5.27. The van der Waals surface area contributed by atoms with E-state index in [1.165, 1.54) is 19.3 Å². The Balaban J connectivity index is 2.30. The molecule has 0 amide bonds. The minimum Gasteiger partial charge on any atom is -0.374 e.